The first-order valence-corrected chi connectivity index (χ1v) is 8.01. The molecule has 3 rings (SSSR count). The van der Waals surface area contributed by atoms with Gasteiger partial charge in [-0.3, -0.25) is 4.79 Å². The number of likely N-dealkylation sites (tertiary alicyclic amines) is 1. The van der Waals surface area contributed by atoms with Crippen molar-refractivity contribution in [3.05, 3.63) is 28.3 Å². The van der Waals surface area contributed by atoms with E-state index in [2.05, 4.69) is 9.97 Å². The van der Waals surface area contributed by atoms with Gasteiger partial charge in [-0.15, -0.1) is 11.3 Å². The van der Waals surface area contributed by atoms with Crippen molar-refractivity contribution in [2.45, 2.75) is 26.4 Å². The molecular formula is C15H19N3O2S. The van der Waals surface area contributed by atoms with E-state index >= 15 is 0 Å². The Morgan fingerprint density at radius 1 is 1.57 bits per heavy atom. The van der Waals surface area contributed by atoms with Gasteiger partial charge in [0.1, 0.15) is 5.69 Å². The van der Waals surface area contributed by atoms with Crippen LogP contribution in [0.25, 0.3) is 11.3 Å². The molecule has 0 aromatic carbocycles. The van der Waals surface area contributed by atoms with E-state index < -0.39 is 0 Å². The van der Waals surface area contributed by atoms with Crippen LogP contribution in [0.3, 0.4) is 0 Å². The molecule has 1 aliphatic rings. The highest BCUT2D eigenvalue weighted by Crippen LogP contribution is 2.24. The molecule has 112 valence electrons. The van der Waals surface area contributed by atoms with Gasteiger partial charge in [0.25, 0.3) is 5.91 Å². The summed E-state index contributed by atoms with van der Waals surface area (Å²) >= 11 is 1.60. The Balaban J connectivity index is 1.75. The van der Waals surface area contributed by atoms with E-state index in [1.54, 1.807) is 16.2 Å². The quantitative estimate of drug-likeness (QED) is 0.894. The van der Waals surface area contributed by atoms with E-state index in [1.165, 1.54) is 0 Å². The van der Waals surface area contributed by atoms with Crippen LogP contribution in [0.2, 0.25) is 0 Å². The number of aromatic amines is 1. The number of hydrogen-bond donors (Lipinski definition) is 2. The van der Waals surface area contributed by atoms with Crippen molar-refractivity contribution in [3.63, 3.8) is 0 Å². The Kier molecular flexibility index (Phi) is 3.82. The number of rotatable bonds is 2. The van der Waals surface area contributed by atoms with Crippen molar-refractivity contribution in [2.24, 2.45) is 5.92 Å². The summed E-state index contributed by atoms with van der Waals surface area (Å²) in [4.78, 5) is 21.8. The van der Waals surface area contributed by atoms with E-state index in [1.807, 2.05) is 31.5 Å². The highest BCUT2D eigenvalue weighted by Gasteiger charge is 2.28. The Hall–Kier alpha value is -1.66. The van der Waals surface area contributed by atoms with Crippen molar-refractivity contribution in [3.8, 4) is 11.3 Å². The van der Waals surface area contributed by atoms with Crippen LogP contribution in [-0.2, 0) is 0 Å². The lowest BCUT2D eigenvalue weighted by molar-refractivity contribution is 0.0294. The Morgan fingerprint density at radius 2 is 2.38 bits per heavy atom. The average Bonchev–Trinajstić information content (AvgIpc) is 3.09. The van der Waals surface area contributed by atoms with Gasteiger partial charge in [0.15, 0.2) is 0 Å². The van der Waals surface area contributed by atoms with Crippen molar-refractivity contribution >= 4 is 17.2 Å². The number of nitrogens with one attached hydrogen (secondary N) is 1. The molecule has 1 fully saturated rings. The van der Waals surface area contributed by atoms with Crippen LogP contribution in [0.15, 0.2) is 17.6 Å². The number of aromatic nitrogens is 2. The van der Waals surface area contributed by atoms with Crippen LogP contribution in [0.5, 0.6) is 0 Å². The molecule has 2 aromatic rings. The van der Waals surface area contributed by atoms with Gasteiger partial charge in [0.2, 0.25) is 0 Å². The van der Waals surface area contributed by atoms with Crippen molar-refractivity contribution in [1.82, 2.24) is 14.9 Å². The summed E-state index contributed by atoms with van der Waals surface area (Å²) in [6.45, 7) is 5.15. The molecule has 2 unspecified atom stereocenters. The standard InChI is InChI=1S/C15H19N3O2S/c1-9-7-18(4-3-14(9)19)15(20)12-5-11(6-16-12)13-8-21-10(2)17-13/h5-6,8-9,14,16,19H,3-4,7H2,1-2H3. The first kappa shape index (κ1) is 14.3. The zero-order valence-corrected chi connectivity index (χ0v) is 13.0. The fourth-order valence-corrected chi connectivity index (χ4v) is 3.27. The number of thiazole rings is 1. The summed E-state index contributed by atoms with van der Waals surface area (Å²) < 4.78 is 0. The lowest BCUT2D eigenvalue weighted by Gasteiger charge is -2.34. The molecule has 0 saturated carbocycles. The second kappa shape index (κ2) is 5.61. The highest BCUT2D eigenvalue weighted by molar-refractivity contribution is 7.09. The van der Waals surface area contributed by atoms with Crippen LogP contribution in [0.1, 0.15) is 28.8 Å². The van der Waals surface area contributed by atoms with Crippen molar-refractivity contribution < 1.29 is 9.90 Å². The smallest absolute Gasteiger partial charge is 0.270 e. The molecule has 3 heterocycles. The fourth-order valence-electron chi connectivity index (χ4n) is 2.65. The van der Waals surface area contributed by atoms with E-state index in [9.17, 15) is 9.90 Å². The number of aliphatic hydroxyl groups is 1. The Morgan fingerprint density at radius 3 is 3.05 bits per heavy atom. The van der Waals surface area contributed by atoms with E-state index in [0.717, 1.165) is 16.3 Å². The third-order valence-corrected chi connectivity index (χ3v) is 4.75. The first-order valence-electron chi connectivity index (χ1n) is 7.13. The molecule has 21 heavy (non-hydrogen) atoms. The molecular weight excluding hydrogens is 286 g/mol. The molecule has 2 N–H and O–H groups in total. The summed E-state index contributed by atoms with van der Waals surface area (Å²) in [5.74, 6) is 0.116. The van der Waals surface area contributed by atoms with E-state index in [4.69, 9.17) is 0 Å². The summed E-state index contributed by atoms with van der Waals surface area (Å²) in [6.07, 6.45) is 2.17. The van der Waals surface area contributed by atoms with Gasteiger partial charge in [0.05, 0.1) is 16.8 Å². The zero-order valence-electron chi connectivity index (χ0n) is 12.2. The van der Waals surface area contributed by atoms with Gasteiger partial charge < -0.3 is 15.0 Å². The number of amides is 1. The number of H-pyrrole nitrogens is 1. The van der Waals surface area contributed by atoms with Gasteiger partial charge in [-0.1, -0.05) is 6.92 Å². The maximum Gasteiger partial charge on any atom is 0.270 e. The summed E-state index contributed by atoms with van der Waals surface area (Å²) in [6, 6.07) is 1.85. The van der Waals surface area contributed by atoms with Gasteiger partial charge >= 0.3 is 0 Å². The molecule has 1 aliphatic heterocycles. The minimum Gasteiger partial charge on any atom is -0.393 e. The molecule has 0 radical (unpaired) electrons. The number of piperidine rings is 1. The van der Waals surface area contributed by atoms with Crippen LogP contribution >= 0.6 is 11.3 Å². The third-order valence-electron chi connectivity index (χ3n) is 3.98. The highest BCUT2D eigenvalue weighted by atomic mass is 32.1. The molecule has 2 atom stereocenters. The van der Waals surface area contributed by atoms with Gasteiger partial charge in [-0.2, -0.15) is 0 Å². The lowest BCUT2D eigenvalue weighted by atomic mass is 9.96. The third kappa shape index (κ3) is 2.87. The Labute approximate surface area is 127 Å². The van der Waals surface area contributed by atoms with Gasteiger partial charge in [-0.05, 0) is 25.3 Å². The van der Waals surface area contributed by atoms with E-state index in [-0.39, 0.29) is 17.9 Å². The van der Waals surface area contributed by atoms with Gasteiger partial charge in [0, 0.05) is 30.2 Å². The van der Waals surface area contributed by atoms with Crippen LogP contribution in [0, 0.1) is 12.8 Å². The van der Waals surface area contributed by atoms with Crippen molar-refractivity contribution in [1.29, 1.82) is 0 Å². The van der Waals surface area contributed by atoms with Crippen LogP contribution in [-0.4, -0.2) is 45.1 Å². The summed E-state index contributed by atoms with van der Waals surface area (Å²) in [5, 5.41) is 12.8. The van der Waals surface area contributed by atoms with Crippen molar-refractivity contribution in [2.75, 3.05) is 13.1 Å². The summed E-state index contributed by atoms with van der Waals surface area (Å²) in [7, 11) is 0. The normalized spacial score (nSPS) is 22.5. The van der Waals surface area contributed by atoms with E-state index in [0.29, 0.717) is 25.2 Å². The minimum absolute atomic E-state index is 0.00745. The molecule has 1 saturated heterocycles. The monoisotopic (exact) mass is 305 g/mol. The number of hydrogen-bond acceptors (Lipinski definition) is 4. The fraction of sp³-hybridized carbons (Fsp3) is 0.467. The maximum absolute atomic E-state index is 12.5. The molecule has 0 bridgehead atoms. The molecule has 0 spiro atoms. The first-order chi connectivity index (χ1) is 10.0. The number of nitrogens with zero attached hydrogens (tertiary/aromatic N) is 2. The molecule has 5 nitrogen and oxygen atoms in total. The predicted molar refractivity (Wildman–Crippen MR) is 82.3 cm³/mol. The molecule has 1 amide bonds. The second-order valence-electron chi connectivity index (χ2n) is 5.64. The number of carbonyl (C=O) groups is 1. The molecule has 0 aliphatic carbocycles. The second-order valence-corrected chi connectivity index (χ2v) is 6.70. The summed E-state index contributed by atoms with van der Waals surface area (Å²) in [5.41, 5.74) is 2.42. The minimum atomic E-state index is -0.300. The topological polar surface area (TPSA) is 69.2 Å². The Bertz CT molecular complexity index is 649. The van der Waals surface area contributed by atoms with Crippen LogP contribution < -0.4 is 0 Å². The van der Waals surface area contributed by atoms with Gasteiger partial charge in [-0.25, -0.2) is 4.98 Å². The average molecular weight is 305 g/mol. The zero-order chi connectivity index (χ0) is 15.0. The van der Waals surface area contributed by atoms with Crippen LogP contribution in [0.4, 0.5) is 0 Å². The lowest BCUT2D eigenvalue weighted by Crippen LogP contribution is -2.45. The largest absolute Gasteiger partial charge is 0.393 e. The molecule has 6 heteroatoms. The number of carbonyl (C=O) groups excluding carboxylic acids is 1. The number of aliphatic hydroxyl groups excluding tert-OH is 1. The maximum atomic E-state index is 12.5. The number of aryl methyl sites for hydroxylation is 1. The predicted octanol–water partition coefficient (Wildman–Crippen LogP) is 2.29. The SMILES string of the molecule is Cc1nc(-c2c[nH]c(C(=O)N3CCC(O)C(C)C3)c2)cs1. The molecule has 2 aromatic heterocycles.